The Labute approximate surface area is 140 Å². The fourth-order valence-corrected chi connectivity index (χ4v) is 2.29. The molecule has 0 spiro atoms. The molecule has 0 saturated heterocycles. The van der Waals surface area contributed by atoms with Crippen LogP contribution < -0.4 is 5.32 Å². The average molecular weight is 334 g/mol. The lowest BCUT2D eigenvalue weighted by atomic mass is 10.1. The molecule has 2 aromatic rings. The van der Waals surface area contributed by atoms with E-state index in [1.54, 1.807) is 30.3 Å². The summed E-state index contributed by atoms with van der Waals surface area (Å²) in [6, 6.07) is 12.4. The monoisotopic (exact) mass is 333 g/mol. The number of halogens is 2. The Morgan fingerprint density at radius 2 is 1.77 bits per heavy atom. The Kier molecular flexibility index (Phi) is 5.64. The van der Waals surface area contributed by atoms with Gasteiger partial charge in [-0.2, -0.15) is 0 Å². The third-order valence-electron chi connectivity index (χ3n) is 3.03. The van der Waals surface area contributed by atoms with Gasteiger partial charge in [0.2, 0.25) is 0 Å². The molecule has 22 heavy (non-hydrogen) atoms. The molecule has 0 bridgehead atoms. The van der Waals surface area contributed by atoms with Gasteiger partial charge < -0.3 is 5.32 Å². The first-order chi connectivity index (χ1) is 10.5. The van der Waals surface area contributed by atoms with Crippen LogP contribution in [-0.2, 0) is 0 Å². The van der Waals surface area contributed by atoms with Crippen molar-refractivity contribution in [3.8, 4) is 0 Å². The normalized spacial score (nSPS) is 11.1. The van der Waals surface area contributed by atoms with Gasteiger partial charge in [0.25, 0.3) is 5.91 Å². The van der Waals surface area contributed by atoms with E-state index in [-0.39, 0.29) is 5.91 Å². The van der Waals surface area contributed by atoms with Crippen molar-refractivity contribution < 1.29 is 4.79 Å². The second kappa shape index (κ2) is 7.48. The number of anilines is 1. The highest BCUT2D eigenvalue weighted by molar-refractivity contribution is 6.36. The summed E-state index contributed by atoms with van der Waals surface area (Å²) in [4.78, 5) is 12.2. The molecule has 0 heterocycles. The quantitative estimate of drug-likeness (QED) is 0.739. The number of benzene rings is 2. The van der Waals surface area contributed by atoms with Gasteiger partial charge in [0.05, 0.1) is 10.7 Å². The fraction of sp³-hybridized carbons (Fsp3) is 0.167. The lowest BCUT2D eigenvalue weighted by molar-refractivity contribution is 0.102. The molecule has 2 nitrogen and oxygen atoms in total. The van der Waals surface area contributed by atoms with Crippen molar-refractivity contribution in [1.82, 2.24) is 0 Å². The highest BCUT2D eigenvalue weighted by Gasteiger charge is 2.08. The van der Waals surface area contributed by atoms with Crippen LogP contribution >= 0.6 is 23.2 Å². The van der Waals surface area contributed by atoms with Crippen LogP contribution in [0.25, 0.3) is 6.08 Å². The van der Waals surface area contributed by atoms with Crippen LogP contribution in [0.1, 0.15) is 29.8 Å². The van der Waals surface area contributed by atoms with E-state index in [2.05, 4.69) is 25.2 Å². The van der Waals surface area contributed by atoms with Gasteiger partial charge in [0, 0.05) is 10.6 Å². The molecule has 0 aliphatic heterocycles. The summed E-state index contributed by atoms with van der Waals surface area (Å²) in [7, 11) is 0. The number of allylic oxidation sites excluding steroid dienone is 1. The number of amides is 1. The van der Waals surface area contributed by atoms with E-state index in [1.807, 2.05) is 18.2 Å². The van der Waals surface area contributed by atoms with Gasteiger partial charge in [-0.1, -0.05) is 61.3 Å². The van der Waals surface area contributed by atoms with E-state index in [1.165, 1.54) is 0 Å². The van der Waals surface area contributed by atoms with Crippen molar-refractivity contribution >= 4 is 40.9 Å². The highest BCUT2D eigenvalue weighted by atomic mass is 35.5. The number of carbonyl (C=O) groups excluding carboxylic acids is 1. The van der Waals surface area contributed by atoms with Crippen LogP contribution in [-0.4, -0.2) is 5.91 Å². The SMILES string of the molecule is CC(C)/C=C/c1ccc(C(=O)Nc2ccc(Cl)cc2Cl)cc1. The molecule has 0 atom stereocenters. The molecule has 0 aliphatic rings. The van der Waals surface area contributed by atoms with Crippen molar-refractivity contribution in [3.05, 3.63) is 69.7 Å². The third-order valence-corrected chi connectivity index (χ3v) is 3.57. The van der Waals surface area contributed by atoms with Crippen molar-refractivity contribution in [3.63, 3.8) is 0 Å². The van der Waals surface area contributed by atoms with Crippen LogP contribution in [0.5, 0.6) is 0 Å². The van der Waals surface area contributed by atoms with E-state index in [0.29, 0.717) is 27.2 Å². The van der Waals surface area contributed by atoms with Gasteiger partial charge in [0.1, 0.15) is 0 Å². The lowest BCUT2D eigenvalue weighted by Gasteiger charge is -2.08. The van der Waals surface area contributed by atoms with E-state index in [9.17, 15) is 4.79 Å². The predicted molar refractivity (Wildman–Crippen MR) is 94.7 cm³/mol. The van der Waals surface area contributed by atoms with Crippen LogP contribution in [0.3, 0.4) is 0 Å². The molecule has 0 unspecified atom stereocenters. The van der Waals surface area contributed by atoms with E-state index >= 15 is 0 Å². The lowest BCUT2D eigenvalue weighted by Crippen LogP contribution is -2.12. The maximum Gasteiger partial charge on any atom is 0.255 e. The molecule has 2 aromatic carbocycles. The number of hydrogen-bond donors (Lipinski definition) is 1. The maximum atomic E-state index is 12.2. The van der Waals surface area contributed by atoms with E-state index < -0.39 is 0 Å². The number of hydrogen-bond acceptors (Lipinski definition) is 1. The maximum absolute atomic E-state index is 12.2. The standard InChI is InChI=1S/C18H17Cl2NO/c1-12(2)3-4-13-5-7-14(8-6-13)18(22)21-17-10-9-15(19)11-16(17)20/h3-12H,1-2H3,(H,21,22)/b4-3+. The summed E-state index contributed by atoms with van der Waals surface area (Å²) in [5, 5.41) is 3.72. The third kappa shape index (κ3) is 4.62. The summed E-state index contributed by atoms with van der Waals surface area (Å²) >= 11 is 11.9. The first-order valence-corrected chi connectivity index (χ1v) is 7.76. The number of carbonyl (C=O) groups is 1. The Morgan fingerprint density at radius 1 is 1.09 bits per heavy atom. The van der Waals surface area contributed by atoms with Crippen molar-refractivity contribution in [2.75, 3.05) is 5.32 Å². The van der Waals surface area contributed by atoms with E-state index in [4.69, 9.17) is 23.2 Å². The Hall–Kier alpha value is -1.77. The summed E-state index contributed by atoms with van der Waals surface area (Å²) in [6.07, 6.45) is 4.16. The molecule has 1 amide bonds. The zero-order chi connectivity index (χ0) is 16.1. The van der Waals surface area contributed by atoms with Gasteiger partial charge in [0.15, 0.2) is 0 Å². The smallest absolute Gasteiger partial charge is 0.255 e. The first-order valence-electron chi connectivity index (χ1n) is 7.00. The van der Waals surface area contributed by atoms with Crippen LogP contribution in [0.15, 0.2) is 48.5 Å². The van der Waals surface area contributed by atoms with E-state index in [0.717, 1.165) is 5.56 Å². The van der Waals surface area contributed by atoms with Crippen molar-refractivity contribution in [2.24, 2.45) is 5.92 Å². The van der Waals surface area contributed by atoms with Crippen LogP contribution in [0.4, 0.5) is 5.69 Å². The summed E-state index contributed by atoms with van der Waals surface area (Å²) in [6.45, 7) is 4.24. The summed E-state index contributed by atoms with van der Waals surface area (Å²) in [5.41, 5.74) is 2.18. The second-order valence-electron chi connectivity index (χ2n) is 5.30. The Balaban J connectivity index is 2.09. The molecule has 2 rings (SSSR count). The van der Waals surface area contributed by atoms with Crippen LogP contribution in [0.2, 0.25) is 10.0 Å². The molecule has 4 heteroatoms. The topological polar surface area (TPSA) is 29.1 Å². The summed E-state index contributed by atoms with van der Waals surface area (Å²) in [5.74, 6) is 0.290. The molecular formula is C18H17Cl2NO. The summed E-state index contributed by atoms with van der Waals surface area (Å²) < 4.78 is 0. The van der Waals surface area contributed by atoms with Gasteiger partial charge in [-0.05, 0) is 41.8 Å². The zero-order valence-corrected chi connectivity index (χ0v) is 13.9. The van der Waals surface area contributed by atoms with Crippen LogP contribution in [0, 0.1) is 5.92 Å². The number of nitrogens with one attached hydrogen (secondary N) is 1. The van der Waals surface area contributed by atoms with Crippen molar-refractivity contribution in [1.29, 1.82) is 0 Å². The molecule has 114 valence electrons. The van der Waals surface area contributed by atoms with Gasteiger partial charge >= 0.3 is 0 Å². The molecule has 1 N–H and O–H groups in total. The van der Waals surface area contributed by atoms with Gasteiger partial charge in [-0.15, -0.1) is 0 Å². The number of rotatable bonds is 4. The van der Waals surface area contributed by atoms with Crippen molar-refractivity contribution in [2.45, 2.75) is 13.8 Å². The Morgan fingerprint density at radius 3 is 2.36 bits per heavy atom. The fourth-order valence-electron chi connectivity index (χ4n) is 1.83. The molecule has 0 aromatic heterocycles. The minimum atomic E-state index is -0.205. The minimum absolute atomic E-state index is 0.205. The first kappa shape index (κ1) is 16.6. The van der Waals surface area contributed by atoms with Gasteiger partial charge in [-0.3, -0.25) is 4.79 Å². The molecule has 0 radical (unpaired) electrons. The Bertz CT molecular complexity index is 691. The van der Waals surface area contributed by atoms with Gasteiger partial charge in [-0.25, -0.2) is 0 Å². The predicted octanol–water partition coefficient (Wildman–Crippen LogP) is 5.91. The largest absolute Gasteiger partial charge is 0.321 e. The minimum Gasteiger partial charge on any atom is -0.321 e. The molecule has 0 saturated carbocycles. The zero-order valence-electron chi connectivity index (χ0n) is 12.4. The molecular weight excluding hydrogens is 317 g/mol. The second-order valence-corrected chi connectivity index (χ2v) is 6.15. The molecule has 0 fully saturated rings. The average Bonchev–Trinajstić information content (AvgIpc) is 2.48. The molecule has 0 aliphatic carbocycles. The highest BCUT2D eigenvalue weighted by Crippen LogP contribution is 2.25.